The molecule has 2 heterocycles. The van der Waals surface area contributed by atoms with Gasteiger partial charge in [-0.15, -0.1) is 0 Å². The van der Waals surface area contributed by atoms with Gasteiger partial charge in [0.1, 0.15) is 5.15 Å². The fourth-order valence-electron chi connectivity index (χ4n) is 1.40. The van der Waals surface area contributed by atoms with E-state index in [-0.39, 0.29) is 0 Å². The Morgan fingerprint density at radius 2 is 2.47 bits per heavy atom. The molecule has 5 heteroatoms. The molecule has 1 aliphatic rings. The van der Waals surface area contributed by atoms with Gasteiger partial charge in [-0.05, 0) is 12.1 Å². The molecule has 1 unspecified atom stereocenters. The highest BCUT2D eigenvalue weighted by Gasteiger charge is 2.13. The van der Waals surface area contributed by atoms with E-state index in [4.69, 9.17) is 11.6 Å². The Morgan fingerprint density at radius 1 is 1.53 bits per heavy atom. The molecule has 1 aliphatic heterocycles. The largest absolute Gasteiger partial charge is 0.384 e. The number of anilines is 1. The van der Waals surface area contributed by atoms with E-state index in [2.05, 4.69) is 22.1 Å². The smallest absolute Gasteiger partial charge is 0.131 e. The summed E-state index contributed by atoms with van der Waals surface area (Å²) in [4.78, 5) is 3.95. The summed E-state index contributed by atoms with van der Waals surface area (Å²) in [5, 5.41) is 4.66. The van der Waals surface area contributed by atoms with Crippen molar-refractivity contribution >= 4 is 40.8 Å². The first-order valence-corrected chi connectivity index (χ1v) is 7.47. The van der Waals surface area contributed by atoms with Gasteiger partial charge in [0.05, 0.1) is 0 Å². The average Bonchev–Trinajstić information content (AvgIpc) is 2.28. The summed E-state index contributed by atoms with van der Waals surface area (Å²) in [6.45, 7) is 1.01. The van der Waals surface area contributed by atoms with Crippen molar-refractivity contribution < 1.29 is 0 Å². The molecule has 0 bridgehead atoms. The van der Waals surface area contributed by atoms with Crippen molar-refractivity contribution in [3.05, 3.63) is 23.5 Å². The van der Waals surface area contributed by atoms with E-state index >= 15 is 0 Å². The minimum Gasteiger partial charge on any atom is -0.384 e. The van der Waals surface area contributed by atoms with E-state index < -0.39 is 0 Å². The highest BCUT2D eigenvalue weighted by molar-refractivity contribution is 8.06. The molecular formula is C10H13ClN2S2. The van der Waals surface area contributed by atoms with Crippen LogP contribution in [0.4, 0.5) is 5.69 Å². The number of hydrogen-bond donors (Lipinski definition) is 1. The summed E-state index contributed by atoms with van der Waals surface area (Å²) < 4.78 is 0. The summed E-state index contributed by atoms with van der Waals surface area (Å²) in [6.07, 6.45) is 1.73. The quantitative estimate of drug-likeness (QED) is 0.845. The lowest BCUT2D eigenvalue weighted by atomic mass is 10.4. The van der Waals surface area contributed by atoms with Crippen LogP contribution in [0, 0.1) is 0 Å². The Bertz CT molecular complexity index is 316. The zero-order valence-electron chi connectivity index (χ0n) is 8.28. The Balaban J connectivity index is 1.81. The normalized spacial score (nSPS) is 21.3. The van der Waals surface area contributed by atoms with Crippen molar-refractivity contribution in [2.45, 2.75) is 5.25 Å². The molecule has 0 saturated carbocycles. The van der Waals surface area contributed by atoms with Gasteiger partial charge in [0, 0.05) is 40.9 Å². The van der Waals surface area contributed by atoms with Crippen LogP contribution >= 0.6 is 35.1 Å². The first-order valence-electron chi connectivity index (χ1n) is 4.89. The molecule has 1 N–H and O–H groups in total. The van der Waals surface area contributed by atoms with Gasteiger partial charge < -0.3 is 5.32 Å². The topological polar surface area (TPSA) is 24.9 Å². The molecule has 1 aromatic heterocycles. The lowest BCUT2D eigenvalue weighted by Crippen LogP contribution is -2.23. The van der Waals surface area contributed by atoms with Crippen molar-refractivity contribution in [2.75, 3.05) is 29.1 Å². The van der Waals surface area contributed by atoms with Gasteiger partial charge in [-0.1, -0.05) is 11.6 Å². The molecule has 0 aromatic carbocycles. The first-order chi connectivity index (χ1) is 7.34. The third kappa shape index (κ3) is 3.78. The van der Waals surface area contributed by atoms with Crippen LogP contribution in [0.3, 0.4) is 0 Å². The van der Waals surface area contributed by atoms with Crippen LogP contribution in [0.25, 0.3) is 0 Å². The van der Waals surface area contributed by atoms with Gasteiger partial charge in [-0.25, -0.2) is 4.98 Å². The molecule has 82 valence electrons. The van der Waals surface area contributed by atoms with Crippen LogP contribution in [-0.2, 0) is 0 Å². The van der Waals surface area contributed by atoms with Crippen molar-refractivity contribution in [3.63, 3.8) is 0 Å². The minimum absolute atomic E-state index is 0.547. The van der Waals surface area contributed by atoms with Gasteiger partial charge in [0.15, 0.2) is 0 Å². The van der Waals surface area contributed by atoms with Gasteiger partial charge in [0.25, 0.3) is 0 Å². The number of halogens is 1. The predicted molar refractivity (Wildman–Crippen MR) is 71.3 cm³/mol. The summed E-state index contributed by atoms with van der Waals surface area (Å²) in [6, 6.07) is 3.81. The molecule has 2 nitrogen and oxygen atoms in total. The summed E-state index contributed by atoms with van der Waals surface area (Å²) in [7, 11) is 0. The predicted octanol–water partition coefficient (Wildman–Crippen LogP) is 3.00. The van der Waals surface area contributed by atoms with Crippen molar-refractivity contribution in [2.24, 2.45) is 0 Å². The maximum absolute atomic E-state index is 5.81. The SMILES string of the molecule is Clc1cc(NCC2CSCCS2)ccn1. The van der Waals surface area contributed by atoms with E-state index in [0.29, 0.717) is 5.15 Å². The number of rotatable bonds is 3. The standard InChI is InChI=1S/C10H13ClN2S2/c11-10-5-8(1-2-12-10)13-6-9-7-14-3-4-15-9/h1-2,5,9H,3-4,6-7H2,(H,12,13). The Hall–Kier alpha value is -0.0600. The average molecular weight is 261 g/mol. The molecule has 1 atom stereocenters. The molecule has 1 saturated heterocycles. The van der Waals surface area contributed by atoms with Crippen LogP contribution in [-0.4, -0.2) is 34.0 Å². The molecule has 1 fully saturated rings. The summed E-state index contributed by atoms with van der Waals surface area (Å²) in [5.41, 5.74) is 1.06. The lowest BCUT2D eigenvalue weighted by Gasteiger charge is -2.21. The van der Waals surface area contributed by atoms with Gasteiger partial charge >= 0.3 is 0 Å². The van der Waals surface area contributed by atoms with Crippen LogP contribution in [0.5, 0.6) is 0 Å². The molecule has 0 spiro atoms. The molecule has 0 radical (unpaired) electrons. The highest BCUT2D eigenvalue weighted by Crippen LogP contribution is 2.24. The Labute approximate surface area is 104 Å². The Morgan fingerprint density at radius 3 is 3.20 bits per heavy atom. The molecule has 1 aromatic rings. The number of nitrogens with zero attached hydrogens (tertiary/aromatic N) is 1. The van der Waals surface area contributed by atoms with Gasteiger partial charge in [-0.2, -0.15) is 23.5 Å². The van der Waals surface area contributed by atoms with Crippen LogP contribution in [0.15, 0.2) is 18.3 Å². The van der Waals surface area contributed by atoms with Crippen molar-refractivity contribution in [1.82, 2.24) is 4.98 Å². The van der Waals surface area contributed by atoms with E-state index in [1.54, 1.807) is 6.20 Å². The van der Waals surface area contributed by atoms with E-state index in [9.17, 15) is 0 Å². The van der Waals surface area contributed by atoms with Crippen LogP contribution in [0.2, 0.25) is 5.15 Å². The zero-order valence-corrected chi connectivity index (χ0v) is 10.7. The summed E-state index contributed by atoms with van der Waals surface area (Å²) in [5.74, 6) is 3.81. The lowest BCUT2D eigenvalue weighted by molar-refractivity contribution is 1.00. The zero-order chi connectivity index (χ0) is 10.5. The molecule has 2 rings (SSSR count). The maximum Gasteiger partial charge on any atom is 0.131 e. The number of thioether (sulfide) groups is 2. The van der Waals surface area contributed by atoms with Crippen molar-refractivity contribution in [3.8, 4) is 0 Å². The molecular weight excluding hydrogens is 248 g/mol. The molecule has 0 amide bonds. The molecule has 15 heavy (non-hydrogen) atoms. The van der Waals surface area contributed by atoms with E-state index in [0.717, 1.165) is 17.5 Å². The minimum atomic E-state index is 0.547. The third-order valence-electron chi connectivity index (χ3n) is 2.15. The number of pyridine rings is 1. The molecule has 0 aliphatic carbocycles. The van der Waals surface area contributed by atoms with Gasteiger partial charge in [0.2, 0.25) is 0 Å². The maximum atomic E-state index is 5.81. The monoisotopic (exact) mass is 260 g/mol. The van der Waals surface area contributed by atoms with Crippen LogP contribution < -0.4 is 5.32 Å². The fourth-order valence-corrected chi connectivity index (χ4v) is 4.18. The fraction of sp³-hybridized carbons (Fsp3) is 0.500. The highest BCUT2D eigenvalue weighted by atomic mass is 35.5. The second-order valence-electron chi connectivity index (χ2n) is 3.32. The number of aromatic nitrogens is 1. The first kappa shape index (κ1) is 11.4. The van der Waals surface area contributed by atoms with E-state index in [1.165, 1.54) is 17.3 Å². The third-order valence-corrected chi connectivity index (χ3v) is 5.20. The number of nitrogens with one attached hydrogen (secondary N) is 1. The second kappa shape index (κ2) is 5.87. The summed E-state index contributed by atoms with van der Waals surface area (Å²) >= 11 is 9.90. The van der Waals surface area contributed by atoms with Crippen molar-refractivity contribution in [1.29, 1.82) is 0 Å². The van der Waals surface area contributed by atoms with Crippen LogP contribution in [0.1, 0.15) is 0 Å². The number of hydrogen-bond acceptors (Lipinski definition) is 4. The second-order valence-corrected chi connectivity index (χ2v) is 6.26. The van der Waals surface area contributed by atoms with Gasteiger partial charge in [-0.3, -0.25) is 0 Å². The van der Waals surface area contributed by atoms with E-state index in [1.807, 2.05) is 23.9 Å². The Kier molecular flexibility index (Phi) is 4.47.